The number of phenolic OH excluding ortho intramolecular Hbond substituents is 1. The molecule has 0 saturated carbocycles. The van der Waals surface area contributed by atoms with Crippen molar-refractivity contribution in [2.45, 2.75) is 11.7 Å². The van der Waals surface area contributed by atoms with Gasteiger partial charge in [0.25, 0.3) is 0 Å². The molecule has 1 atom stereocenters. The first-order chi connectivity index (χ1) is 11.2. The van der Waals surface area contributed by atoms with Gasteiger partial charge in [-0.05, 0) is 41.8 Å². The molecular weight excluding hydrogens is 310 g/mol. The summed E-state index contributed by atoms with van der Waals surface area (Å²) in [4.78, 5) is 12.0. The van der Waals surface area contributed by atoms with Crippen molar-refractivity contribution in [2.24, 2.45) is 10.2 Å². The van der Waals surface area contributed by atoms with Crippen LogP contribution in [0.5, 0.6) is 5.75 Å². The first-order valence-electron chi connectivity index (χ1n) is 7.12. The summed E-state index contributed by atoms with van der Waals surface area (Å²) < 4.78 is 0. The molecule has 1 amide bonds. The van der Waals surface area contributed by atoms with Gasteiger partial charge in [-0.3, -0.25) is 4.79 Å². The predicted octanol–water partition coefficient (Wildman–Crippen LogP) is 2.56. The molecule has 5 nitrogen and oxygen atoms in total. The lowest BCUT2D eigenvalue weighted by atomic mass is 10.1. The Morgan fingerprint density at radius 3 is 2.61 bits per heavy atom. The lowest BCUT2D eigenvalue weighted by Gasteiger charge is -2.04. The van der Waals surface area contributed by atoms with Crippen LogP contribution in [0.3, 0.4) is 0 Å². The third-order valence-electron chi connectivity index (χ3n) is 3.29. The molecule has 2 N–H and O–H groups in total. The van der Waals surface area contributed by atoms with E-state index in [0.29, 0.717) is 11.6 Å². The van der Waals surface area contributed by atoms with Gasteiger partial charge in [0, 0.05) is 0 Å². The molecule has 1 aliphatic heterocycles. The van der Waals surface area contributed by atoms with Gasteiger partial charge in [-0.2, -0.15) is 5.10 Å². The second-order valence-corrected chi connectivity index (χ2v) is 6.22. The Bertz CT molecular complexity index is 742. The molecule has 0 radical (unpaired) electrons. The molecule has 23 heavy (non-hydrogen) atoms. The SMILES string of the molecule is O=C1N/C(=N/N=C/c2ccc(O)cc2)S[C@@H]1Cc1ccccc1. The molecule has 0 unspecified atom stereocenters. The van der Waals surface area contributed by atoms with Gasteiger partial charge in [0.1, 0.15) is 5.75 Å². The highest BCUT2D eigenvalue weighted by atomic mass is 32.2. The Kier molecular flexibility index (Phi) is 4.73. The molecule has 116 valence electrons. The Balaban J connectivity index is 1.61. The third-order valence-corrected chi connectivity index (χ3v) is 4.36. The molecule has 2 aromatic rings. The maximum atomic E-state index is 12.0. The van der Waals surface area contributed by atoms with Crippen LogP contribution in [0.2, 0.25) is 0 Å². The van der Waals surface area contributed by atoms with E-state index in [2.05, 4.69) is 15.5 Å². The zero-order valence-electron chi connectivity index (χ0n) is 12.2. The number of aromatic hydroxyl groups is 1. The zero-order valence-corrected chi connectivity index (χ0v) is 13.0. The highest BCUT2D eigenvalue weighted by molar-refractivity contribution is 8.15. The molecule has 6 heteroatoms. The summed E-state index contributed by atoms with van der Waals surface area (Å²) in [5.41, 5.74) is 1.94. The summed E-state index contributed by atoms with van der Waals surface area (Å²) in [5, 5.41) is 20.3. The number of nitrogens with zero attached hydrogens (tertiary/aromatic N) is 2. The topological polar surface area (TPSA) is 74.0 Å². The van der Waals surface area contributed by atoms with E-state index in [-0.39, 0.29) is 16.9 Å². The molecule has 3 rings (SSSR count). The van der Waals surface area contributed by atoms with Crippen molar-refractivity contribution in [3.05, 3.63) is 65.7 Å². The fourth-order valence-corrected chi connectivity index (χ4v) is 3.09. The van der Waals surface area contributed by atoms with Crippen molar-refractivity contribution in [2.75, 3.05) is 0 Å². The Morgan fingerprint density at radius 2 is 1.87 bits per heavy atom. The quantitative estimate of drug-likeness (QED) is 0.670. The molecule has 1 aliphatic rings. The number of amides is 1. The first kappa shape index (κ1) is 15.3. The number of amidine groups is 1. The van der Waals surface area contributed by atoms with Crippen LogP contribution in [0.1, 0.15) is 11.1 Å². The van der Waals surface area contributed by atoms with Gasteiger partial charge in [-0.25, -0.2) is 0 Å². The molecular formula is C17H15N3O2S. The predicted molar refractivity (Wildman–Crippen MR) is 92.8 cm³/mol. The average molecular weight is 325 g/mol. The van der Waals surface area contributed by atoms with Crippen molar-refractivity contribution in [3.8, 4) is 5.75 Å². The van der Waals surface area contributed by atoms with E-state index < -0.39 is 0 Å². The molecule has 0 bridgehead atoms. The zero-order chi connectivity index (χ0) is 16.1. The van der Waals surface area contributed by atoms with Gasteiger partial charge >= 0.3 is 0 Å². The Labute approximate surface area is 138 Å². The van der Waals surface area contributed by atoms with Crippen LogP contribution in [0, 0.1) is 0 Å². The molecule has 0 aliphatic carbocycles. The number of hydrogen-bond donors (Lipinski definition) is 2. The summed E-state index contributed by atoms with van der Waals surface area (Å²) in [7, 11) is 0. The number of nitrogens with one attached hydrogen (secondary N) is 1. The van der Waals surface area contributed by atoms with Crippen LogP contribution in [-0.4, -0.2) is 27.6 Å². The lowest BCUT2D eigenvalue weighted by Crippen LogP contribution is -2.25. The van der Waals surface area contributed by atoms with Crippen molar-refractivity contribution in [3.63, 3.8) is 0 Å². The second kappa shape index (κ2) is 7.11. The number of rotatable bonds is 4. The first-order valence-corrected chi connectivity index (χ1v) is 8.00. The monoisotopic (exact) mass is 325 g/mol. The fraction of sp³-hybridized carbons (Fsp3) is 0.118. The van der Waals surface area contributed by atoms with E-state index in [4.69, 9.17) is 0 Å². The number of thioether (sulfide) groups is 1. The van der Waals surface area contributed by atoms with E-state index in [1.807, 2.05) is 30.3 Å². The van der Waals surface area contributed by atoms with E-state index in [1.54, 1.807) is 30.5 Å². The Hall–Kier alpha value is -2.60. The highest BCUT2D eigenvalue weighted by Crippen LogP contribution is 2.23. The lowest BCUT2D eigenvalue weighted by molar-refractivity contribution is -0.118. The highest BCUT2D eigenvalue weighted by Gasteiger charge is 2.30. The van der Waals surface area contributed by atoms with Crippen molar-refractivity contribution < 1.29 is 9.90 Å². The maximum Gasteiger partial charge on any atom is 0.239 e. The fourth-order valence-electron chi connectivity index (χ4n) is 2.12. The van der Waals surface area contributed by atoms with Gasteiger partial charge < -0.3 is 10.4 Å². The maximum absolute atomic E-state index is 12.0. The molecule has 2 aromatic carbocycles. The second-order valence-electron chi connectivity index (χ2n) is 5.03. The average Bonchev–Trinajstić information content (AvgIpc) is 2.90. The van der Waals surface area contributed by atoms with E-state index in [0.717, 1.165) is 11.1 Å². The summed E-state index contributed by atoms with van der Waals surface area (Å²) in [6.45, 7) is 0. The van der Waals surface area contributed by atoms with E-state index >= 15 is 0 Å². The van der Waals surface area contributed by atoms with Gasteiger partial charge in [-0.15, -0.1) is 5.10 Å². The summed E-state index contributed by atoms with van der Waals surface area (Å²) in [6, 6.07) is 16.5. The number of phenols is 1. The van der Waals surface area contributed by atoms with Crippen LogP contribution in [0.25, 0.3) is 0 Å². The number of benzene rings is 2. The molecule has 0 aromatic heterocycles. The minimum Gasteiger partial charge on any atom is -0.508 e. The molecule has 1 heterocycles. The molecule has 0 spiro atoms. The van der Waals surface area contributed by atoms with Crippen LogP contribution in [0.15, 0.2) is 64.8 Å². The van der Waals surface area contributed by atoms with Crippen LogP contribution in [0.4, 0.5) is 0 Å². The third kappa shape index (κ3) is 4.20. The number of hydrogen-bond acceptors (Lipinski definition) is 5. The van der Waals surface area contributed by atoms with Gasteiger partial charge in [0.05, 0.1) is 11.5 Å². The van der Waals surface area contributed by atoms with Gasteiger partial charge in [0.2, 0.25) is 5.91 Å². The van der Waals surface area contributed by atoms with E-state index in [1.165, 1.54) is 11.8 Å². The number of carbonyl (C=O) groups excluding carboxylic acids is 1. The standard InChI is InChI=1S/C17H15N3O2S/c21-14-8-6-13(7-9-14)11-18-20-17-19-16(22)15(23-17)10-12-4-2-1-3-5-12/h1-9,11,15,21H,10H2,(H,19,20,22)/b18-11+/t15-/m1/s1. The van der Waals surface area contributed by atoms with Gasteiger partial charge in [-0.1, -0.05) is 42.1 Å². The van der Waals surface area contributed by atoms with Gasteiger partial charge in [0.15, 0.2) is 5.17 Å². The largest absolute Gasteiger partial charge is 0.508 e. The van der Waals surface area contributed by atoms with Crippen LogP contribution < -0.4 is 5.32 Å². The summed E-state index contributed by atoms with van der Waals surface area (Å²) in [5.74, 6) is 0.160. The number of carbonyl (C=O) groups is 1. The van der Waals surface area contributed by atoms with Crippen molar-refractivity contribution in [1.82, 2.24) is 5.32 Å². The minimum absolute atomic E-state index is 0.0440. The molecule has 1 fully saturated rings. The van der Waals surface area contributed by atoms with Crippen molar-refractivity contribution >= 4 is 29.1 Å². The smallest absolute Gasteiger partial charge is 0.239 e. The summed E-state index contributed by atoms with van der Waals surface area (Å²) in [6.07, 6.45) is 2.24. The van der Waals surface area contributed by atoms with E-state index in [9.17, 15) is 9.90 Å². The minimum atomic E-state index is -0.181. The normalized spacial score (nSPS) is 19.4. The van der Waals surface area contributed by atoms with Crippen molar-refractivity contribution in [1.29, 1.82) is 0 Å². The molecule has 1 saturated heterocycles. The Morgan fingerprint density at radius 1 is 1.13 bits per heavy atom. The van der Waals surface area contributed by atoms with Crippen LogP contribution >= 0.6 is 11.8 Å². The summed E-state index contributed by atoms with van der Waals surface area (Å²) >= 11 is 1.39. The van der Waals surface area contributed by atoms with Crippen LogP contribution in [-0.2, 0) is 11.2 Å².